The molecule has 106 valence electrons. The van der Waals surface area contributed by atoms with E-state index in [1.807, 2.05) is 19.1 Å². The highest BCUT2D eigenvalue weighted by Gasteiger charge is 2.17. The molecule has 0 atom stereocenters. The quantitative estimate of drug-likeness (QED) is 0.799. The van der Waals surface area contributed by atoms with Gasteiger partial charge in [-0.2, -0.15) is 0 Å². The lowest BCUT2D eigenvalue weighted by Crippen LogP contribution is -1.99. The average molecular weight is 313 g/mol. The van der Waals surface area contributed by atoms with E-state index in [1.54, 1.807) is 20.3 Å². The lowest BCUT2D eigenvalue weighted by Gasteiger charge is -2.12. The molecule has 1 heterocycles. The van der Waals surface area contributed by atoms with Gasteiger partial charge in [-0.15, -0.1) is 0 Å². The lowest BCUT2D eigenvalue weighted by atomic mass is 10.1. The standard InChI is InChI=1S/C14H14Cl2N2O2/c1-4-8-12(15)17-14(18-13(8)16)9-6-5-7-10(19-2)11(9)20-3/h5-7H,4H2,1-3H3. The first kappa shape index (κ1) is 14.9. The van der Waals surface area contributed by atoms with Gasteiger partial charge in [0.05, 0.1) is 19.8 Å². The van der Waals surface area contributed by atoms with Crippen LogP contribution in [0, 0.1) is 0 Å². The number of methoxy groups -OCH3 is 2. The molecule has 0 aliphatic rings. The van der Waals surface area contributed by atoms with Crippen molar-refractivity contribution in [1.82, 2.24) is 9.97 Å². The largest absolute Gasteiger partial charge is 0.493 e. The Kier molecular flexibility index (Phi) is 4.68. The molecule has 20 heavy (non-hydrogen) atoms. The second-order valence-corrected chi connectivity index (χ2v) is 4.72. The molecule has 0 N–H and O–H groups in total. The molecule has 2 rings (SSSR count). The Hall–Kier alpha value is -1.52. The van der Waals surface area contributed by atoms with E-state index in [1.165, 1.54) is 0 Å². The van der Waals surface area contributed by atoms with Gasteiger partial charge >= 0.3 is 0 Å². The van der Waals surface area contributed by atoms with E-state index in [4.69, 9.17) is 32.7 Å². The van der Waals surface area contributed by atoms with Crippen LogP contribution in [0.25, 0.3) is 11.4 Å². The summed E-state index contributed by atoms with van der Waals surface area (Å²) in [7, 11) is 3.13. The number of rotatable bonds is 4. The van der Waals surface area contributed by atoms with Gasteiger partial charge in [-0.3, -0.25) is 0 Å². The summed E-state index contributed by atoms with van der Waals surface area (Å²) in [5.41, 5.74) is 1.41. The maximum atomic E-state index is 6.15. The van der Waals surface area contributed by atoms with E-state index < -0.39 is 0 Å². The van der Waals surface area contributed by atoms with Crippen LogP contribution in [0.3, 0.4) is 0 Å². The molecule has 0 radical (unpaired) electrons. The normalized spacial score (nSPS) is 10.4. The predicted octanol–water partition coefficient (Wildman–Crippen LogP) is 4.03. The van der Waals surface area contributed by atoms with Crippen molar-refractivity contribution in [2.45, 2.75) is 13.3 Å². The Balaban J connectivity index is 2.63. The van der Waals surface area contributed by atoms with Gasteiger partial charge in [0, 0.05) is 5.56 Å². The number of hydrogen-bond acceptors (Lipinski definition) is 4. The zero-order valence-electron chi connectivity index (χ0n) is 11.4. The van der Waals surface area contributed by atoms with Crippen molar-refractivity contribution in [3.05, 3.63) is 34.1 Å². The molecule has 0 unspecified atom stereocenters. The van der Waals surface area contributed by atoms with Crippen molar-refractivity contribution in [3.8, 4) is 22.9 Å². The topological polar surface area (TPSA) is 44.2 Å². The summed E-state index contributed by atoms with van der Waals surface area (Å²) in [5.74, 6) is 1.56. The van der Waals surface area contributed by atoms with Crippen LogP contribution in [0.2, 0.25) is 10.3 Å². The van der Waals surface area contributed by atoms with Crippen LogP contribution in [0.4, 0.5) is 0 Å². The number of para-hydroxylation sites is 1. The van der Waals surface area contributed by atoms with Crippen LogP contribution in [-0.2, 0) is 6.42 Å². The molecule has 0 saturated carbocycles. The third-order valence-electron chi connectivity index (χ3n) is 2.90. The van der Waals surface area contributed by atoms with Crippen LogP contribution in [0.15, 0.2) is 18.2 Å². The number of halogens is 2. The highest BCUT2D eigenvalue weighted by atomic mass is 35.5. The molecule has 0 fully saturated rings. The van der Waals surface area contributed by atoms with Crippen molar-refractivity contribution < 1.29 is 9.47 Å². The van der Waals surface area contributed by atoms with Gasteiger partial charge in [0.25, 0.3) is 0 Å². The Bertz CT molecular complexity index is 610. The highest BCUT2D eigenvalue weighted by Crippen LogP contribution is 2.37. The van der Waals surface area contributed by atoms with E-state index in [-0.39, 0.29) is 0 Å². The van der Waals surface area contributed by atoms with E-state index in [2.05, 4.69) is 9.97 Å². The van der Waals surface area contributed by atoms with Crippen LogP contribution in [0.5, 0.6) is 11.5 Å². The maximum absolute atomic E-state index is 6.15. The first-order chi connectivity index (χ1) is 9.62. The number of hydrogen-bond donors (Lipinski definition) is 0. The van der Waals surface area contributed by atoms with Gasteiger partial charge in [-0.05, 0) is 18.6 Å². The Labute approximate surface area is 127 Å². The van der Waals surface area contributed by atoms with E-state index in [9.17, 15) is 0 Å². The summed E-state index contributed by atoms with van der Waals surface area (Å²) >= 11 is 12.3. The molecule has 1 aromatic heterocycles. The van der Waals surface area contributed by atoms with Crippen molar-refractivity contribution in [1.29, 1.82) is 0 Å². The summed E-state index contributed by atoms with van der Waals surface area (Å²) < 4.78 is 10.6. The van der Waals surface area contributed by atoms with Gasteiger partial charge in [0.1, 0.15) is 10.3 Å². The van der Waals surface area contributed by atoms with Crippen LogP contribution in [-0.4, -0.2) is 24.2 Å². The van der Waals surface area contributed by atoms with Gasteiger partial charge in [0.2, 0.25) is 0 Å². The summed E-state index contributed by atoms with van der Waals surface area (Å²) in [4.78, 5) is 8.59. The minimum absolute atomic E-state index is 0.354. The first-order valence-corrected chi connectivity index (χ1v) is 6.81. The van der Waals surface area contributed by atoms with Crippen molar-refractivity contribution >= 4 is 23.2 Å². The van der Waals surface area contributed by atoms with Crippen molar-refractivity contribution in [2.24, 2.45) is 0 Å². The van der Waals surface area contributed by atoms with Crippen LogP contribution < -0.4 is 9.47 Å². The number of nitrogens with zero attached hydrogens (tertiary/aromatic N) is 2. The van der Waals surface area contributed by atoms with Crippen LogP contribution >= 0.6 is 23.2 Å². The van der Waals surface area contributed by atoms with Gasteiger partial charge in [0.15, 0.2) is 17.3 Å². The summed E-state index contributed by atoms with van der Waals surface area (Å²) in [6, 6.07) is 5.45. The molecule has 6 heteroatoms. The third-order valence-corrected chi connectivity index (χ3v) is 3.53. The molecule has 0 spiro atoms. The zero-order chi connectivity index (χ0) is 14.7. The van der Waals surface area contributed by atoms with E-state index in [0.29, 0.717) is 39.6 Å². The minimum atomic E-state index is 0.354. The van der Waals surface area contributed by atoms with Gasteiger partial charge < -0.3 is 9.47 Å². The Morgan fingerprint density at radius 3 is 2.20 bits per heavy atom. The van der Waals surface area contributed by atoms with E-state index in [0.717, 1.165) is 5.56 Å². The molecule has 4 nitrogen and oxygen atoms in total. The molecule has 2 aromatic rings. The molecule has 0 amide bonds. The number of ether oxygens (including phenoxy) is 2. The fraction of sp³-hybridized carbons (Fsp3) is 0.286. The molecule has 0 bridgehead atoms. The predicted molar refractivity (Wildman–Crippen MR) is 80.0 cm³/mol. The minimum Gasteiger partial charge on any atom is -0.493 e. The molecule has 0 saturated heterocycles. The van der Waals surface area contributed by atoms with Crippen molar-refractivity contribution in [3.63, 3.8) is 0 Å². The molecular formula is C14H14Cl2N2O2. The molecule has 0 aliphatic carbocycles. The summed E-state index contributed by atoms with van der Waals surface area (Å²) in [5, 5.41) is 0.708. The Morgan fingerprint density at radius 2 is 1.70 bits per heavy atom. The highest BCUT2D eigenvalue weighted by molar-refractivity contribution is 6.34. The summed E-state index contributed by atoms with van der Waals surface area (Å²) in [6.07, 6.45) is 0.674. The van der Waals surface area contributed by atoms with Gasteiger partial charge in [-0.25, -0.2) is 9.97 Å². The van der Waals surface area contributed by atoms with Crippen LogP contribution in [0.1, 0.15) is 12.5 Å². The fourth-order valence-electron chi connectivity index (χ4n) is 1.91. The molecule has 1 aromatic carbocycles. The molecular weight excluding hydrogens is 299 g/mol. The van der Waals surface area contributed by atoms with E-state index >= 15 is 0 Å². The fourth-order valence-corrected chi connectivity index (χ4v) is 2.56. The summed E-state index contributed by atoms with van der Waals surface area (Å²) in [6.45, 7) is 1.95. The Morgan fingerprint density at radius 1 is 1.05 bits per heavy atom. The number of benzene rings is 1. The second-order valence-electron chi connectivity index (χ2n) is 4.00. The monoisotopic (exact) mass is 312 g/mol. The number of aromatic nitrogens is 2. The van der Waals surface area contributed by atoms with Crippen molar-refractivity contribution in [2.75, 3.05) is 14.2 Å². The SMILES string of the molecule is CCc1c(Cl)nc(-c2cccc(OC)c2OC)nc1Cl. The zero-order valence-corrected chi connectivity index (χ0v) is 12.9. The van der Waals surface area contributed by atoms with Gasteiger partial charge in [-0.1, -0.05) is 36.2 Å². The molecule has 0 aliphatic heterocycles. The smallest absolute Gasteiger partial charge is 0.171 e. The maximum Gasteiger partial charge on any atom is 0.171 e. The first-order valence-electron chi connectivity index (χ1n) is 6.05. The average Bonchev–Trinajstić information content (AvgIpc) is 2.45. The second kappa shape index (κ2) is 6.29. The third kappa shape index (κ3) is 2.67. The lowest BCUT2D eigenvalue weighted by molar-refractivity contribution is 0.356.